The van der Waals surface area contributed by atoms with Gasteiger partial charge in [0.05, 0.1) is 6.61 Å². The summed E-state index contributed by atoms with van der Waals surface area (Å²) in [4.78, 5) is 4.18. The zero-order valence-corrected chi connectivity index (χ0v) is 12.2. The molecule has 0 amide bonds. The van der Waals surface area contributed by atoms with Gasteiger partial charge in [0.15, 0.2) is 0 Å². The van der Waals surface area contributed by atoms with E-state index in [1.165, 1.54) is 12.8 Å². The first-order valence-electron chi connectivity index (χ1n) is 7.42. The molecule has 1 heterocycles. The van der Waals surface area contributed by atoms with E-state index in [1.807, 2.05) is 43.5 Å². The number of hydrogen-bond acceptors (Lipinski definition) is 4. The summed E-state index contributed by atoms with van der Waals surface area (Å²) in [6.07, 6.45) is 6.16. The van der Waals surface area contributed by atoms with Crippen molar-refractivity contribution in [1.29, 1.82) is 0 Å². The number of hydrogen-bond donors (Lipinski definition) is 1. The van der Waals surface area contributed by atoms with Crippen LogP contribution >= 0.6 is 0 Å². The van der Waals surface area contributed by atoms with E-state index in [2.05, 4.69) is 10.3 Å². The minimum atomic E-state index is 0.668. The van der Waals surface area contributed by atoms with Crippen LogP contribution in [0.1, 0.15) is 25.3 Å². The molecule has 4 nitrogen and oxygen atoms in total. The molecule has 110 valence electrons. The summed E-state index contributed by atoms with van der Waals surface area (Å²) in [5.41, 5.74) is 1.08. The van der Waals surface area contributed by atoms with Gasteiger partial charge in [-0.25, -0.2) is 0 Å². The van der Waals surface area contributed by atoms with Gasteiger partial charge in [-0.3, -0.25) is 4.98 Å². The Morgan fingerprint density at radius 3 is 2.62 bits per heavy atom. The summed E-state index contributed by atoms with van der Waals surface area (Å²) < 4.78 is 11.4. The molecule has 1 fully saturated rings. The smallest absolute Gasteiger partial charge is 0.134 e. The molecule has 0 unspecified atom stereocenters. The predicted molar refractivity (Wildman–Crippen MR) is 81.8 cm³/mol. The maximum Gasteiger partial charge on any atom is 0.134 e. The van der Waals surface area contributed by atoms with E-state index in [-0.39, 0.29) is 0 Å². The quantitative estimate of drug-likeness (QED) is 0.844. The maximum absolute atomic E-state index is 5.96. The molecule has 2 aromatic rings. The lowest BCUT2D eigenvalue weighted by Gasteiger charge is -2.11. The molecule has 1 saturated carbocycles. The van der Waals surface area contributed by atoms with Crippen molar-refractivity contribution in [3.05, 3.63) is 48.3 Å². The van der Waals surface area contributed by atoms with E-state index in [0.717, 1.165) is 29.4 Å². The Morgan fingerprint density at radius 1 is 1.14 bits per heavy atom. The van der Waals surface area contributed by atoms with Gasteiger partial charge in [0.1, 0.15) is 17.2 Å². The molecule has 0 radical (unpaired) electrons. The average Bonchev–Trinajstić information content (AvgIpc) is 3.33. The van der Waals surface area contributed by atoms with Crippen LogP contribution in [0.2, 0.25) is 0 Å². The molecule has 1 aromatic carbocycles. The van der Waals surface area contributed by atoms with Crippen LogP contribution in [0, 0.1) is 0 Å². The van der Waals surface area contributed by atoms with Crippen molar-refractivity contribution >= 4 is 0 Å². The van der Waals surface area contributed by atoms with Crippen LogP contribution in [0.15, 0.2) is 42.7 Å². The Kier molecular flexibility index (Phi) is 4.36. The predicted octanol–water partition coefficient (Wildman–Crippen LogP) is 3.52. The van der Waals surface area contributed by atoms with Gasteiger partial charge < -0.3 is 14.8 Å². The third-order valence-corrected chi connectivity index (χ3v) is 3.38. The van der Waals surface area contributed by atoms with Crippen molar-refractivity contribution in [1.82, 2.24) is 10.3 Å². The van der Waals surface area contributed by atoms with Crippen LogP contribution in [0.25, 0.3) is 0 Å². The molecule has 1 N–H and O–H groups in total. The van der Waals surface area contributed by atoms with Crippen molar-refractivity contribution in [2.45, 2.75) is 32.4 Å². The van der Waals surface area contributed by atoms with Crippen LogP contribution in [0.4, 0.5) is 0 Å². The molecule has 1 aliphatic rings. The van der Waals surface area contributed by atoms with E-state index in [1.54, 1.807) is 6.20 Å². The number of nitrogens with one attached hydrogen (secondary N) is 1. The number of pyridine rings is 1. The van der Waals surface area contributed by atoms with Gasteiger partial charge in [-0.05, 0) is 50.1 Å². The highest BCUT2D eigenvalue weighted by molar-refractivity contribution is 5.38. The Bertz CT molecular complexity index is 580. The van der Waals surface area contributed by atoms with Crippen molar-refractivity contribution in [3.8, 4) is 17.2 Å². The summed E-state index contributed by atoms with van der Waals surface area (Å²) >= 11 is 0. The molecule has 0 spiro atoms. The van der Waals surface area contributed by atoms with Gasteiger partial charge in [-0.1, -0.05) is 0 Å². The Balaban J connectivity index is 1.68. The normalized spacial score (nSPS) is 14.0. The molecular weight excluding hydrogens is 264 g/mol. The lowest BCUT2D eigenvalue weighted by molar-refractivity contribution is 0.339. The van der Waals surface area contributed by atoms with Crippen molar-refractivity contribution < 1.29 is 9.47 Å². The Labute approximate surface area is 125 Å². The molecule has 21 heavy (non-hydrogen) atoms. The molecule has 1 aliphatic carbocycles. The zero-order valence-electron chi connectivity index (χ0n) is 12.2. The van der Waals surface area contributed by atoms with Gasteiger partial charge in [0.2, 0.25) is 0 Å². The number of ether oxygens (including phenoxy) is 2. The number of nitrogens with zero attached hydrogens (tertiary/aromatic N) is 1. The fourth-order valence-corrected chi connectivity index (χ4v) is 2.09. The molecular formula is C17H20N2O2. The summed E-state index contributed by atoms with van der Waals surface area (Å²) in [5, 5.41) is 3.48. The number of aromatic nitrogens is 1. The second-order valence-corrected chi connectivity index (χ2v) is 5.15. The van der Waals surface area contributed by atoms with Crippen molar-refractivity contribution in [2.24, 2.45) is 0 Å². The van der Waals surface area contributed by atoms with E-state index >= 15 is 0 Å². The molecule has 1 aromatic heterocycles. The average molecular weight is 284 g/mol. The number of rotatable bonds is 7. The van der Waals surface area contributed by atoms with Gasteiger partial charge in [0, 0.05) is 30.5 Å². The minimum absolute atomic E-state index is 0.668. The van der Waals surface area contributed by atoms with E-state index in [9.17, 15) is 0 Å². The second kappa shape index (κ2) is 6.59. The summed E-state index contributed by atoms with van der Waals surface area (Å²) in [6, 6.07) is 10.3. The second-order valence-electron chi connectivity index (χ2n) is 5.15. The fraction of sp³-hybridized carbons (Fsp3) is 0.353. The monoisotopic (exact) mass is 284 g/mol. The molecule has 3 rings (SSSR count). The molecule has 4 heteroatoms. The maximum atomic E-state index is 5.96. The van der Waals surface area contributed by atoms with Crippen LogP contribution in [0.5, 0.6) is 17.2 Å². The Hall–Kier alpha value is -2.07. The highest BCUT2D eigenvalue weighted by Gasteiger charge is 2.20. The lowest BCUT2D eigenvalue weighted by atomic mass is 10.2. The van der Waals surface area contributed by atoms with Gasteiger partial charge >= 0.3 is 0 Å². The SMILES string of the molecule is CCOc1ccc(Oc2ccncc2CNC2CC2)cc1. The first-order chi connectivity index (χ1) is 10.3. The first kappa shape index (κ1) is 13.9. The third-order valence-electron chi connectivity index (χ3n) is 3.38. The van der Waals surface area contributed by atoms with E-state index in [0.29, 0.717) is 12.6 Å². The third kappa shape index (κ3) is 3.95. The summed E-state index contributed by atoms with van der Waals surface area (Å²) in [5.74, 6) is 2.51. The Morgan fingerprint density at radius 2 is 1.90 bits per heavy atom. The first-order valence-corrected chi connectivity index (χ1v) is 7.42. The summed E-state index contributed by atoms with van der Waals surface area (Å²) in [6.45, 7) is 3.44. The standard InChI is InChI=1S/C17H20N2O2/c1-2-20-15-5-7-16(8-6-15)21-17-9-10-18-11-13(17)12-19-14-3-4-14/h5-11,14,19H,2-4,12H2,1H3. The molecule has 0 bridgehead atoms. The topological polar surface area (TPSA) is 43.4 Å². The fourth-order valence-electron chi connectivity index (χ4n) is 2.09. The van der Waals surface area contributed by atoms with Gasteiger partial charge in [-0.15, -0.1) is 0 Å². The highest BCUT2D eigenvalue weighted by Crippen LogP contribution is 2.27. The molecule has 0 aliphatic heterocycles. The molecule has 0 saturated heterocycles. The molecule has 0 atom stereocenters. The van der Waals surface area contributed by atoms with Gasteiger partial charge in [0.25, 0.3) is 0 Å². The van der Waals surface area contributed by atoms with Crippen LogP contribution in [0.3, 0.4) is 0 Å². The highest BCUT2D eigenvalue weighted by atomic mass is 16.5. The van der Waals surface area contributed by atoms with Crippen LogP contribution in [-0.2, 0) is 6.54 Å². The number of benzene rings is 1. The summed E-state index contributed by atoms with van der Waals surface area (Å²) in [7, 11) is 0. The van der Waals surface area contributed by atoms with Gasteiger partial charge in [-0.2, -0.15) is 0 Å². The van der Waals surface area contributed by atoms with Crippen molar-refractivity contribution in [3.63, 3.8) is 0 Å². The van der Waals surface area contributed by atoms with E-state index < -0.39 is 0 Å². The minimum Gasteiger partial charge on any atom is -0.494 e. The zero-order chi connectivity index (χ0) is 14.5. The van der Waals surface area contributed by atoms with Crippen LogP contribution < -0.4 is 14.8 Å². The van der Waals surface area contributed by atoms with Crippen molar-refractivity contribution in [2.75, 3.05) is 6.61 Å². The van der Waals surface area contributed by atoms with E-state index in [4.69, 9.17) is 9.47 Å². The largest absolute Gasteiger partial charge is 0.494 e. The van der Waals surface area contributed by atoms with Crippen LogP contribution in [-0.4, -0.2) is 17.6 Å². The lowest BCUT2D eigenvalue weighted by Crippen LogP contribution is -2.15.